The fourth-order valence-corrected chi connectivity index (χ4v) is 2.56. The number of aromatic nitrogens is 2. The second kappa shape index (κ2) is 6.36. The van der Waals surface area contributed by atoms with Crippen molar-refractivity contribution in [2.45, 2.75) is 33.4 Å². The number of nitro benzene ring substituents is 1. The zero-order valence-electron chi connectivity index (χ0n) is 12.1. The van der Waals surface area contributed by atoms with Gasteiger partial charge in [0.05, 0.1) is 16.3 Å². The summed E-state index contributed by atoms with van der Waals surface area (Å²) in [6.45, 7) is 6.51. The third-order valence-corrected chi connectivity index (χ3v) is 3.68. The van der Waals surface area contributed by atoms with Gasteiger partial charge in [-0.15, -0.1) is 0 Å². The van der Waals surface area contributed by atoms with Gasteiger partial charge in [0.25, 0.3) is 5.69 Å². The fraction of sp³-hybridized carbons (Fsp3) is 0.357. The summed E-state index contributed by atoms with van der Waals surface area (Å²) in [5.74, 6) is 0. The van der Waals surface area contributed by atoms with Crippen LogP contribution in [0.1, 0.15) is 25.1 Å². The first-order chi connectivity index (χ1) is 9.88. The molecule has 0 atom stereocenters. The molecule has 0 unspecified atom stereocenters. The standard InChI is InChI=1S/C14H17BrN4O2/c1-9(2)16-8-11-4-5-18(17-11)14-7-13(19(20)21)10(3)6-12(14)15/h4-7,9,16H,8H2,1-3H3. The molecule has 6 nitrogen and oxygen atoms in total. The highest BCUT2D eigenvalue weighted by molar-refractivity contribution is 9.10. The summed E-state index contributed by atoms with van der Waals surface area (Å²) < 4.78 is 2.42. The minimum atomic E-state index is -0.379. The molecule has 0 bridgehead atoms. The van der Waals surface area contributed by atoms with E-state index >= 15 is 0 Å². The highest BCUT2D eigenvalue weighted by Gasteiger charge is 2.16. The van der Waals surface area contributed by atoms with Crippen LogP contribution in [-0.4, -0.2) is 20.7 Å². The van der Waals surface area contributed by atoms with Crippen molar-refractivity contribution in [3.8, 4) is 5.69 Å². The summed E-state index contributed by atoms with van der Waals surface area (Å²) in [6.07, 6.45) is 1.80. The smallest absolute Gasteiger partial charge is 0.274 e. The summed E-state index contributed by atoms with van der Waals surface area (Å²) in [5.41, 5.74) is 2.25. The summed E-state index contributed by atoms with van der Waals surface area (Å²) in [7, 11) is 0. The third kappa shape index (κ3) is 3.68. The Hall–Kier alpha value is -1.73. The predicted molar refractivity (Wildman–Crippen MR) is 84.6 cm³/mol. The SMILES string of the molecule is Cc1cc(Br)c(-n2ccc(CNC(C)C)n2)cc1[N+](=O)[O-]. The van der Waals surface area contributed by atoms with Crippen molar-refractivity contribution in [2.24, 2.45) is 0 Å². The van der Waals surface area contributed by atoms with Crippen molar-refractivity contribution in [1.82, 2.24) is 15.1 Å². The van der Waals surface area contributed by atoms with Gasteiger partial charge in [-0.1, -0.05) is 13.8 Å². The van der Waals surface area contributed by atoms with Crippen molar-refractivity contribution in [3.05, 3.63) is 50.2 Å². The third-order valence-electron chi connectivity index (χ3n) is 3.04. The van der Waals surface area contributed by atoms with Crippen LogP contribution in [0, 0.1) is 17.0 Å². The second-order valence-electron chi connectivity index (χ2n) is 5.13. The Morgan fingerprint density at radius 2 is 2.19 bits per heavy atom. The molecule has 21 heavy (non-hydrogen) atoms. The van der Waals surface area contributed by atoms with Gasteiger partial charge in [-0.3, -0.25) is 10.1 Å². The number of halogens is 1. The molecule has 0 spiro atoms. The first-order valence-electron chi connectivity index (χ1n) is 6.61. The molecule has 0 aliphatic rings. The molecule has 0 aliphatic carbocycles. The van der Waals surface area contributed by atoms with E-state index < -0.39 is 0 Å². The molecule has 7 heteroatoms. The number of rotatable bonds is 5. The molecule has 1 aromatic heterocycles. The highest BCUT2D eigenvalue weighted by Crippen LogP contribution is 2.29. The van der Waals surface area contributed by atoms with Gasteiger partial charge >= 0.3 is 0 Å². The highest BCUT2D eigenvalue weighted by atomic mass is 79.9. The number of aryl methyl sites for hydroxylation is 1. The van der Waals surface area contributed by atoms with Gasteiger partial charge in [-0.05, 0) is 35.0 Å². The molecular weight excluding hydrogens is 336 g/mol. The number of hydrogen-bond acceptors (Lipinski definition) is 4. The van der Waals surface area contributed by atoms with Crippen LogP contribution < -0.4 is 5.32 Å². The van der Waals surface area contributed by atoms with E-state index in [-0.39, 0.29) is 10.6 Å². The van der Waals surface area contributed by atoms with Crippen molar-refractivity contribution < 1.29 is 4.92 Å². The molecule has 0 saturated carbocycles. The number of nitrogens with zero attached hydrogens (tertiary/aromatic N) is 3. The average molecular weight is 353 g/mol. The Morgan fingerprint density at radius 1 is 1.48 bits per heavy atom. The maximum Gasteiger partial charge on any atom is 0.274 e. The van der Waals surface area contributed by atoms with Crippen LogP contribution >= 0.6 is 15.9 Å². The van der Waals surface area contributed by atoms with E-state index in [2.05, 4.69) is 40.2 Å². The lowest BCUT2D eigenvalue weighted by molar-refractivity contribution is -0.385. The topological polar surface area (TPSA) is 73.0 Å². The Balaban J connectivity index is 2.33. The zero-order chi connectivity index (χ0) is 15.6. The number of nitrogens with one attached hydrogen (secondary N) is 1. The van der Waals surface area contributed by atoms with E-state index in [1.54, 1.807) is 23.9 Å². The lowest BCUT2D eigenvalue weighted by Gasteiger charge is -2.07. The van der Waals surface area contributed by atoms with Crippen LogP contribution in [-0.2, 0) is 6.54 Å². The van der Waals surface area contributed by atoms with Crippen LogP contribution in [0.2, 0.25) is 0 Å². The monoisotopic (exact) mass is 352 g/mol. The Kier molecular flexibility index (Phi) is 4.74. The molecule has 0 fully saturated rings. The van der Waals surface area contributed by atoms with E-state index in [1.165, 1.54) is 6.07 Å². The van der Waals surface area contributed by atoms with Crippen molar-refractivity contribution in [2.75, 3.05) is 0 Å². The Morgan fingerprint density at radius 3 is 2.81 bits per heavy atom. The van der Waals surface area contributed by atoms with Gasteiger partial charge in [0.1, 0.15) is 0 Å². The minimum Gasteiger partial charge on any atom is -0.309 e. The first-order valence-corrected chi connectivity index (χ1v) is 7.40. The molecule has 112 valence electrons. The summed E-state index contributed by atoms with van der Waals surface area (Å²) in [5, 5.41) is 18.8. The maximum absolute atomic E-state index is 11.0. The zero-order valence-corrected chi connectivity index (χ0v) is 13.7. The predicted octanol–water partition coefficient (Wildman–Crippen LogP) is 3.35. The molecule has 0 saturated heterocycles. The Labute approximate surface area is 131 Å². The van der Waals surface area contributed by atoms with E-state index in [9.17, 15) is 10.1 Å². The molecule has 1 heterocycles. The fourth-order valence-electron chi connectivity index (χ4n) is 1.92. The minimum absolute atomic E-state index is 0.0885. The van der Waals surface area contributed by atoms with Crippen LogP contribution in [0.15, 0.2) is 28.9 Å². The van der Waals surface area contributed by atoms with Gasteiger partial charge in [-0.25, -0.2) is 4.68 Å². The average Bonchev–Trinajstić information content (AvgIpc) is 2.84. The van der Waals surface area contributed by atoms with Gasteiger partial charge < -0.3 is 5.32 Å². The van der Waals surface area contributed by atoms with Gasteiger partial charge in [0.15, 0.2) is 0 Å². The van der Waals surface area contributed by atoms with Gasteiger partial charge in [0.2, 0.25) is 0 Å². The normalized spacial score (nSPS) is 11.1. The number of benzene rings is 1. The first kappa shape index (κ1) is 15.7. The molecular formula is C14H17BrN4O2. The van der Waals surface area contributed by atoms with Crippen LogP contribution in [0.4, 0.5) is 5.69 Å². The lowest BCUT2D eigenvalue weighted by Crippen LogP contribution is -2.22. The molecule has 2 rings (SSSR count). The molecule has 1 aromatic carbocycles. The number of nitro groups is 1. The van der Waals surface area contributed by atoms with E-state index in [0.717, 1.165) is 10.2 Å². The van der Waals surface area contributed by atoms with Crippen LogP contribution in [0.25, 0.3) is 5.69 Å². The quantitative estimate of drug-likeness (QED) is 0.661. The Bertz CT molecular complexity index is 667. The summed E-state index contributed by atoms with van der Waals surface area (Å²) in [4.78, 5) is 10.7. The molecule has 0 aliphatic heterocycles. The van der Waals surface area contributed by atoms with Crippen molar-refractivity contribution in [3.63, 3.8) is 0 Å². The number of hydrogen-bond donors (Lipinski definition) is 1. The maximum atomic E-state index is 11.0. The van der Waals surface area contributed by atoms with Gasteiger partial charge in [-0.2, -0.15) is 5.10 Å². The van der Waals surface area contributed by atoms with Crippen molar-refractivity contribution in [1.29, 1.82) is 0 Å². The largest absolute Gasteiger partial charge is 0.309 e. The second-order valence-corrected chi connectivity index (χ2v) is 5.99. The van der Waals surface area contributed by atoms with Crippen molar-refractivity contribution >= 4 is 21.6 Å². The van der Waals surface area contributed by atoms with E-state index in [0.29, 0.717) is 23.8 Å². The summed E-state index contributed by atoms with van der Waals surface area (Å²) in [6, 6.07) is 5.54. The molecule has 2 aromatic rings. The molecule has 0 radical (unpaired) electrons. The lowest BCUT2D eigenvalue weighted by atomic mass is 10.2. The van der Waals surface area contributed by atoms with Crippen LogP contribution in [0.5, 0.6) is 0 Å². The molecule has 0 amide bonds. The van der Waals surface area contributed by atoms with Gasteiger partial charge in [0, 0.05) is 34.9 Å². The van der Waals surface area contributed by atoms with E-state index in [1.807, 2.05) is 6.07 Å². The van der Waals surface area contributed by atoms with Crippen LogP contribution in [0.3, 0.4) is 0 Å². The van der Waals surface area contributed by atoms with E-state index in [4.69, 9.17) is 0 Å². The molecule has 1 N–H and O–H groups in total. The summed E-state index contributed by atoms with van der Waals surface area (Å²) >= 11 is 3.44.